The number of hydrogen-bond donors (Lipinski definition) is 1. The molecule has 1 N–H and O–H groups in total. The zero-order chi connectivity index (χ0) is 12.7. The Morgan fingerprint density at radius 2 is 1.65 bits per heavy atom. The van der Waals surface area contributed by atoms with E-state index < -0.39 is 0 Å². The maximum absolute atomic E-state index is 3.65. The molecule has 102 valence electrons. The van der Waals surface area contributed by atoms with E-state index >= 15 is 0 Å². The van der Waals surface area contributed by atoms with Crippen LogP contribution in [-0.2, 0) is 0 Å². The smallest absolute Gasteiger partial charge is 0.0109 e. The van der Waals surface area contributed by atoms with Crippen molar-refractivity contribution in [3.8, 4) is 0 Å². The van der Waals surface area contributed by atoms with Crippen molar-refractivity contribution in [1.29, 1.82) is 0 Å². The molecule has 1 aliphatic carbocycles. The number of nitrogens with one attached hydrogen (secondary N) is 1. The second kappa shape index (κ2) is 8.06. The molecule has 0 aliphatic heterocycles. The van der Waals surface area contributed by atoms with Crippen molar-refractivity contribution in [2.45, 2.75) is 51.1 Å². The van der Waals surface area contributed by atoms with Crippen molar-refractivity contribution in [2.75, 3.05) is 40.8 Å². The Labute approximate surface area is 108 Å². The van der Waals surface area contributed by atoms with Gasteiger partial charge in [0.05, 0.1) is 0 Å². The first-order chi connectivity index (χ1) is 8.13. The molecular weight excluding hydrogens is 210 g/mol. The third kappa shape index (κ3) is 5.84. The molecule has 0 spiro atoms. The summed E-state index contributed by atoms with van der Waals surface area (Å²) in [5.41, 5.74) is 0. The quantitative estimate of drug-likeness (QED) is 0.733. The lowest BCUT2D eigenvalue weighted by atomic mass is 9.90. The van der Waals surface area contributed by atoms with E-state index in [0.717, 1.165) is 12.1 Å². The van der Waals surface area contributed by atoms with Crippen LogP contribution in [0.4, 0.5) is 0 Å². The Bertz CT molecular complexity index is 186. The van der Waals surface area contributed by atoms with Gasteiger partial charge in [-0.05, 0) is 59.8 Å². The standard InChI is InChI=1S/C14H31N3/c1-5-10-15-13-6-8-14(9-7-13)17(4)12-11-16(2)3/h13-15H,5-12H2,1-4H3. The van der Waals surface area contributed by atoms with Crippen LogP contribution in [0.3, 0.4) is 0 Å². The molecule has 0 bridgehead atoms. The molecule has 1 rings (SSSR count). The molecule has 3 heteroatoms. The monoisotopic (exact) mass is 241 g/mol. The molecule has 0 saturated heterocycles. The summed E-state index contributed by atoms with van der Waals surface area (Å²) in [5.74, 6) is 0. The predicted octanol–water partition coefficient (Wildman–Crippen LogP) is 1.79. The largest absolute Gasteiger partial charge is 0.314 e. The Balaban J connectivity index is 2.17. The van der Waals surface area contributed by atoms with E-state index in [0.29, 0.717) is 0 Å². The third-order valence-electron chi connectivity index (χ3n) is 3.90. The third-order valence-corrected chi connectivity index (χ3v) is 3.90. The summed E-state index contributed by atoms with van der Waals surface area (Å²) in [6.45, 7) is 5.80. The van der Waals surface area contributed by atoms with E-state index in [-0.39, 0.29) is 0 Å². The van der Waals surface area contributed by atoms with Crippen molar-refractivity contribution in [3.63, 3.8) is 0 Å². The fourth-order valence-corrected chi connectivity index (χ4v) is 2.61. The summed E-state index contributed by atoms with van der Waals surface area (Å²) in [6, 6.07) is 1.60. The minimum absolute atomic E-state index is 0.786. The van der Waals surface area contributed by atoms with E-state index in [1.807, 2.05) is 0 Å². The van der Waals surface area contributed by atoms with Gasteiger partial charge >= 0.3 is 0 Å². The van der Waals surface area contributed by atoms with Crippen LogP contribution in [0.2, 0.25) is 0 Å². The number of hydrogen-bond acceptors (Lipinski definition) is 3. The van der Waals surface area contributed by atoms with Crippen LogP contribution in [0, 0.1) is 0 Å². The minimum Gasteiger partial charge on any atom is -0.314 e. The van der Waals surface area contributed by atoms with E-state index in [1.54, 1.807) is 0 Å². The van der Waals surface area contributed by atoms with Crippen LogP contribution < -0.4 is 5.32 Å². The van der Waals surface area contributed by atoms with Gasteiger partial charge in [0.25, 0.3) is 0 Å². The van der Waals surface area contributed by atoms with Gasteiger partial charge in [-0.1, -0.05) is 6.92 Å². The van der Waals surface area contributed by atoms with E-state index in [2.05, 4.69) is 43.2 Å². The molecule has 1 fully saturated rings. The molecule has 0 radical (unpaired) electrons. The van der Waals surface area contributed by atoms with Gasteiger partial charge in [-0.2, -0.15) is 0 Å². The Hall–Kier alpha value is -0.120. The Morgan fingerprint density at radius 1 is 1.00 bits per heavy atom. The molecule has 17 heavy (non-hydrogen) atoms. The zero-order valence-electron chi connectivity index (χ0n) is 12.2. The molecular formula is C14H31N3. The van der Waals surface area contributed by atoms with Crippen molar-refractivity contribution in [1.82, 2.24) is 15.1 Å². The predicted molar refractivity (Wildman–Crippen MR) is 75.5 cm³/mol. The van der Waals surface area contributed by atoms with Gasteiger partial charge in [0.2, 0.25) is 0 Å². The summed E-state index contributed by atoms with van der Waals surface area (Å²) in [5, 5.41) is 3.65. The maximum atomic E-state index is 3.65. The Morgan fingerprint density at radius 3 is 2.18 bits per heavy atom. The first-order valence-corrected chi connectivity index (χ1v) is 7.21. The Kier molecular flexibility index (Phi) is 7.09. The molecule has 3 nitrogen and oxygen atoms in total. The van der Waals surface area contributed by atoms with E-state index in [9.17, 15) is 0 Å². The normalized spacial score (nSPS) is 25.8. The summed E-state index contributed by atoms with van der Waals surface area (Å²) in [7, 11) is 6.59. The van der Waals surface area contributed by atoms with Gasteiger partial charge in [-0.3, -0.25) is 0 Å². The van der Waals surface area contributed by atoms with Crippen LogP contribution >= 0.6 is 0 Å². The lowest BCUT2D eigenvalue weighted by Gasteiger charge is -2.35. The first kappa shape index (κ1) is 14.9. The van der Waals surface area contributed by atoms with Gasteiger partial charge in [0, 0.05) is 25.2 Å². The molecule has 0 aromatic rings. The highest BCUT2D eigenvalue weighted by Crippen LogP contribution is 2.22. The van der Waals surface area contributed by atoms with Gasteiger partial charge < -0.3 is 15.1 Å². The molecule has 0 amide bonds. The molecule has 0 aromatic heterocycles. The molecule has 0 heterocycles. The van der Waals surface area contributed by atoms with Gasteiger partial charge in [0.15, 0.2) is 0 Å². The lowest BCUT2D eigenvalue weighted by molar-refractivity contribution is 0.162. The average Bonchev–Trinajstić information content (AvgIpc) is 2.34. The second-order valence-corrected chi connectivity index (χ2v) is 5.74. The van der Waals surface area contributed by atoms with Gasteiger partial charge in [-0.25, -0.2) is 0 Å². The van der Waals surface area contributed by atoms with Crippen LogP contribution in [0.15, 0.2) is 0 Å². The lowest BCUT2D eigenvalue weighted by Crippen LogP contribution is -2.42. The zero-order valence-corrected chi connectivity index (χ0v) is 12.2. The number of nitrogens with zero attached hydrogens (tertiary/aromatic N) is 2. The van der Waals surface area contributed by atoms with Crippen LogP contribution in [0.1, 0.15) is 39.0 Å². The molecule has 0 aromatic carbocycles. The van der Waals surface area contributed by atoms with Crippen molar-refractivity contribution in [3.05, 3.63) is 0 Å². The molecule has 1 saturated carbocycles. The van der Waals surface area contributed by atoms with Crippen molar-refractivity contribution in [2.24, 2.45) is 0 Å². The van der Waals surface area contributed by atoms with Crippen LogP contribution in [0.5, 0.6) is 0 Å². The fourth-order valence-electron chi connectivity index (χ4n) is 2.61. The maximum Gasteiger partial charge on any atom is 0.0109 e. The van der Waals surface area contributed by atoms with Crippen molar-refractivity contribution < 1.29 is 0 Å². The first-order valence-electron chi connectivity index (χ1n) is 7.21. The summed E-state index contributed by atoms with van der Waals surface area (Å²) in [4.78, 5) is 4.82. The fraction of sp³-hybridized carbons (Fsp3) is 1.00. The highest BCUT2D eigenvalue weighted by Gasteiger charge is 2.23. The number of rotatable bonds is 7. The number of likely N-dealkylation sites (N-methyl/N-ethyl adjacent to an activating group) is 2. The molecule has 0 atom stereocenters. The van der Waals surface area contributed by atoms with E-state index in [1.165, 1.54) is 51.7 Å². The molecule has 0 unspecified atom stereocenters. The highest BCUT2D eigenvalue weighted by molar-refractivity contribution is 4.81. The second-order valence-electron chi connectivity index (χ2n) is 5.74. The van der Waals surface area contributed by atoms with Crippen LogP contribution in [0.25, 0.3) is 0 Å². The summed E-state index contributed by atoms with van der Waals surface area (Å²) < 4.78 is 0. The van der Waals surface area contributed by atoms with Crippen LogP contribution in [-0.4, -0.2) is 62.7 Å². The SMILES string of the molecule is CCCNC1CCC(N(C)CCN(C)C)CC1. The molecule has 1 aliphatic rings. The van der Waals surface area contributed by atoms with Gasteiger partial charge in [0.1, 0.15) is 0 Å². The summed E-state index contributed by atoms with van der Waals surface area (Å²) in [6.07, 6.45) is 6.70. The van der Waals surface area contributed by atoms with Gasteiger partial charge in [-0.15, -0.1) is 0 Å². The summed E-state index contributed by atoms with van der Waals surface area (Å²) >= 11 is 0. The highest BCUT2D eigenvalue weighted by atomic mass is 15.2. The van der Waals surface area contributed by atoms with E-state index in [4.69, 9.17) is 0 Å². The average molecular weight is 241 g/mol. The topological polar surface area (TPSA) is 18.5 Å². The van der Waals surface area contributed by atoms with Crippen molar-refractivity contribution >= 4 is 0 Å². The minimum atomic E-state index is 0.786.